The first-order chi connectivity index (χ1) is 6.11. The summed E-state index contributed by atoms with van der Waals surface area (Å²) in [6, 6.07) is 2.75. The lowest BCUT2D eigenvalue weighted by molar-refractivity contribution is -0.149. The standard InChI is InChI=1S/C7H5NO5/c9-5(4-2-1-3-13-4)8-6(10)7(11)12/h1-3H,(H,11,12)(H,8,9,10). The van der Waals surface area contributed by atoms with Crippen LogP contribution in [0.1, 0.15) is 10.6 Å². The van der Waals surface area contributed by atoms with E-state index in [2.05, 4.69) is 4.42 Å². The number of furan rings is 1. The summed E-state index contributed by atoms with van der Waals surface area (Å²) in [6.07, 6.45) is 1.24. The van der Waals surface area contributed by atoms with E-state index in [0.29, 0.717) is 0 Å². The van der Waals surface area contributed by atoms with Gasteiger partial charge in [-0.1, -0.05) is 0 Å². The van der Waals surface area contributed by atoms with Gasteiger partial charge in [0.05, 0.1) is 6.26 Å². The minimum atomic E-state index is -1.72. The Kier molecular flexibility index (Phi) is 2.44. The molecule has 1 rings (SSSR count). The van der Waals surface area contributed by atoms with Crippen molar-refractivity contribution in [1.29, 1.82) is 0 Å². The summed E-state index contributed by atoms with van der Waals surface area (Å²) >= 11 is 0. The van der Waals surface area contributed by atoms with Crippen LogP contribution in [-0.4, -0.2) is 22.9 Å². The number of aliphatic carboxylic acids is 1. The largest absolute Gasteiger partial charge is 0.474 e. The zero-order chi connectivity index (χ0) is 9.84. The van der Waals surface area contributed by atoms with E-state index in [9.17, 15) is 14.4 Å². The van der Waals surface area contributed by atoms with Crippen molar-refractivity contribution in [2.24, 2.45) is 0 Å². The van der Waals surface area contributed by atoms with Gasteiger partial charge in [-0.3, -0.25) is 14.9 Å². The average Bonchev–Trinajstić information content (AvgIpc) is 2.55. The van der Waals surface area contributed by atoms with E-state index in [1.807, 2.05) is 0 Å². The molecule has 2 amide bonds. The molecule has 0 radical (unpaired) electrons. The van der Waals surface area contributed by atoms with Gasteiger partial charge in [0.25, 0.3) is 5.91 Å². The maximum Gasteiger partial charge on any atom is 0.394 e. The van der Waals surface area contributed by atoms with Crippen LogP contribution >= 0.6 is 0 Å². The van der Waals surface area contributed by atoms with Gasteiger partial charge in [0, 0.05) is 0 Å². The Labute approximate surface area is 72.1 Å². The van der Waals surface area contributed by atoms with Crippen LogP contribution in [-0.2, 0) is 9.59 Å². The fraction of sp³-hybridized carbons (Fsp3) is 0. The van der Waals surface area contributed by atoms with Crippen LogP contribution in [0.25, 0.3) is 0 Å². The summed E-state index contributed by atoms with van der Waals surface area (Å²) in [5, 5.41) is 9.74. The first kappa shape index (κ1) is 8.98. The molecule has 0 aliphatic rings. The molecule has 6 nitrogen and oxygen atoms in total. The number of nitrogens with one attached hydrogen (secondary N) is 1. The maximum atomic E-state index is 10.9. The van der Waals surface area contributed by atoms with Crippen molar-refractivity contribution in [3.8, 4) is 0 Å². The quantitative estimate of drug-likeness (QED) is 0.578. The number of rotatable bonds is 1. The number of carboxylic acids is 1. The van der Waals surface area contributed by atoms with Gasteiger partial charge in [0.2, 0.25) is 0 Å². The summed E-state index contributed by atoms with van der Waals surface area (Å²) in [6.45, 7) is 0. The molecule has 0 aliphatic carbocycles. The lowest BCUT2D eigenvalue weighted by Crippen LogP contribution is -2.35. The highest BCUT2D eigenvalue weighted by atomic mass is 16.4. The third-order valence-electron chi connectivity index (χ3n) is 1.17. The predicted octanol–water partition coefficient (Wildman–Crippen LogP) is -0.379. The van der Waals surface area contributed by atoms with E-state index in [-0.39, 0.29) is 5.76 Å². The fourth-order valence-corrected chi connectivity index (χ4v) is 0.626. The van der Waals surface area contributed by atoms with Gasteiger partial charge in [-0.2, -0.15) is 0 Å². The maximum absolute atomic E-state index is 10.9. The number of hydrogen-bond acceptors (Lipinski definition) is 4. The number of carbonyl (C=O) groups is 3. The van der Waals surface area contributed by atoms with Crippen molar-refractivity contribution in [3.05, 3.63) is 24.2 Å². The number of carbonyl (C=O) groups excluding carboxylic acids is 2. The SMILES string of the molecule is O=C(O)C(=O)NC(=O)c1ccco1. The molecule has 0 saturated heterocycles. The van der Waals surface area contributed by atoms with Gasteiger partial charge >= 0.3 is 11.9 Å². The summed E-state index contributed by atoms with van der Waals surface area (Å²) in [5.41, 5.74) is 0. The molecule has 1 aromatic heterocycles. The Balaban J connectivity index is 2.62. The molecule has 13 heavy (non-hydrogen) atoms. The van der Waals surface area contributed by atoms with E-state index < -0.39 is 17.8 Å². The smallest absolute Gasteiger partial charge is 0.394 e. The van der Waals surface area contributed by atoms with E-state index in [1.54, 1.807) is 5.32 Å². The van der Waals surface area contributed by atoms with Crippen LogP contribution in [0.2, 0.25) is 0 Å². The molecule has 2 N–H and O–H groups in total. The van der Waals surface area contributed by atoms with E-state index in [0.717, 1.165) is 0 Å². The molecule has 0 aromatic carbocycles. The molecule has 0 fully saturated rings. The van der Waals surface area contributed by atoms with Gasteiger partial charge in [0.1, 0.15) is 0 Å². The highest BCUT2D eigenvalue weighted by molar-refractivity contribution is 6.35. The minimum Gasteiger partial charge on any atom is -0.474 e. The Bertz CT molecular complexity index is 340. The molecule has 0 saturated carbocycles. The highest BCUT2D eigenvalue weighted by Gasteiger charge is 2.17. The highest BCUT2D eigenvalue weighted by Crippen LogP contribution is 1.98. The third kappa shape index (κ3) is 2.16. The lowest BCUT2D eigenvalue weighted by atomic mass is 10.4. The van der Waals surface area contributed by atoms with E-state index >= 15 is 0 Å². The molecule has 6 heteroatoms. The predicted molar refractivity (Wildman–Crippen MR) is 38.8 cm³/mol. The van der Waals surface area contributed by atoms with Crippen LogP contribution < -0.4 is 5.32 Å². The summed E-state index contributed by atoms with van der Waals surface area (Å²) < 4.78 is 4.62. The molecular formula is C7H5NO5. The van der Waals surface area contributed by atoms with Gasteiger partial charge < -0.3 is 9.52 Å². The molecule has 0 unspecified atom stereocenters. The van der Waals surface area contributed by atoms with Gasteiger partial charge in [0.15, 0.2) is 5.76 Å². The molecule has 0 aliphatic heterocycles. The number of carboxylic acid groups (broad SMARTS) is 1. The average molecular weight is 183 g/mol. The Morgan fingerprint density at radius 3 is 2.54 bits per heavy atom. The van der Waals surface area contributed by atoms with Crippen molar-refractivity contribution in [3.63, 3.8) is 0 Å². The van der Waals surface area contributed by atoms with Crippen LogP contribution in [0.3, 0.4) is 0 Å². The van der Waals surface area contributed by atoms with Crippen LogP contribution in [0.4, 0.5) is 0 Å². The van der Waals surface area contributed by atoms with Crippen molar-refractivity contribution in [2.45, 2.75) is 0 Å². The zero-order valence-corrected chi connectivity index (χ0v) is 6.31. The molecule has 1 aromatic rings. The summed E-state index contributed by atoms with van der Waals surface area (Å²) in [4.78, 5) is 31.4. The number of hydrogen-bond donors (Lipinski definition) is 2. The molecule has 0 bridgehead atoms. The lowest BCUT2D eigenvalue weighted by Gasteiger charge is -1.95. The monoisotopic (exact) mass is 183 g/mol. The van der Waals surface area contributed by atoms with Crippen molar-refractivity contribution in [1.82, 2.24) is 5.32 Å². The van der Waals surface area contributed by atoms with E-state index in [1.165, 1.54) is 18.4 Å². The van der Waals surface area contributed by atoms with Crippen LogP contribution in [0.5, 0.6) is 0 Å². The molecule has 0 atom stereocenters. The van der Waals surface area contributed by atoms with Gasteiger partial charge in [-0.15, -0.1) is 0 Å². The van der Waals surface area contributed by atoms with Gasteiger partial charge in [-0.05, 0) is 12.1 Å². The summed E-state index contributed by atoms with van der Waals surface area (Å²) in [5.74, 6) is -4.10. The molecule has 1 heterocycles. The molecular weight excluding hydrogens is 178 g/mol. The van der Waals surface area contributed by atoms with E-state index in [4.69, 9.17) is 5.11 Å². The second kappa shape index (κ2) is 3.53. The Morgan fingerprint density at radius 2 is 2.08 bits per heavy atom. The van der Waals surface area contributed by atoms with Crippen LogP contribution in [0, 0.1) is 0 Å². The topological polar surface area (TPSA) is 96.6 Å². The Hall–Kier alpha value is -2.11. The van der Waals surface area contributed by atoms with Crippen LogP contribution in [0.15, 0.2) is 22.8 Å². The van der Waals surface area contributed by atoms with Crippen molar-refractivity contribution in [2.75, 3.05) is 0 Å². The second-order valence-electron chi connectivity index (χ2n) is 2.07. The third-order valence-corrected chi connectivity index (χ3v) is 1.17. The first-order valence-electron chi connectivity index (χ1n) is 3.23. The molecule has 68 valence electrons. The normalized spacial score (nSPS) is 9.23. The number of imide groups is 1. The van der Waals surface area contributed by atoms with Crippen molar-refractivity contribution >= 4 is 17.8 Å². The van der Waals surface area contributed by atoms with Gasteiger partial charge in [-0.25, -0.2) is 4.79 Å². The number of amides is 2. The fourth-order valence-electron chi connectivity index (χ4n) is 0.626. The second-order valence-corrected chi connectivity index (χ2v) is 2.07. The Morgan fingerprint density at radius 1 is 1.38 bits per heavy atom. The zero-order valence-electron chi connectivity index (χ0n) is 6.31. The van der Waals surface area contributed by atoms with Crippen molar-refractivity contribution < 1.29 is 23.9 Å². The first-order valence-corrected chi connectivity index (χ1v) is 3.23. The minimum absolute atomic E-state index is 0.116. The summed E-state index contributed by atoms with van der Waals surface area (Å²) in [7, 11) is 0. The molecule has 0 spiro atoms.